The third-order valence-corrected chi connectivity index (χ3v) is 4.08. The van der Waals surface area contributed by atoms with Gasteiger partial charge < -0.3 is 10.6 Å². The number of likely N-dealkylation sites (tertiary alicyclic amines) is 1. The molecule has 0 spiro atoms. The largest absolute Gasteiger partial charge is 0.360 e. The molecule has 20 heavy (non-hydrogen) atoms. The molecule has 1 fully saturated rings. The lowest BCUT2D eigenvalue weighted by Gasteiger charge is -2.34. The molecule has 1 saturated heterocycles. The van der Waals surface area contributed by atoms with E-state index in [1.165, 1.54) is 31.4 Å². The van der Waals surface area contributed by atoms with Crippen LogP contribution in [-0.4, -0.2) is 42.6 Å². The van der Waals surface area contributed by atoms with Gasteiger partial charge in [-0.25, -0.2) is 4.98 Å². The zero-order valence-electron chi connectivity index (χ0n) is 12.6. The number of hydrogen-bond acceptors (Lipinski definition) is 4. The fourth-order valence-electron chi connectivity index (χ4n) is 2.67. The Morgan fingerprint density at radius 2 is 2.20 bits per heavy atom. The van der Waals surface area contributed by atoms with Crippen LogP contribution in [0.1, 0.15) is 31.7 Å². The van der Waals surface area contributed by atoms with Crippen molar-refractivity contribution in [3.8, 4) is 0 Å². The van der Waals surface area contributed by atoms with Gasteiger partial charge >= 0.3 is 0 Å². The molecule has 2 heterocycles. The number of nitrogens with two attached hydrogens (primary N) is 1. The molecule has 4 nitrogen and oxygen atoms in total. The van der Waals surface area contributed by atoms with Crippen LogP contribution in [0.25, 0.3) is 0 Å². The summed E-state index contributed by atoms with van der Waals surface area (Å²) in [5, 5.41) is 0. The molecule has 1 aliphatic heterocycles. The van der Waals surface area contributed by atoms with Crippen LogP contribution in [0.5, 0.6) is 0 Å². The maximum atomic E-state index is 5.87. The van der Waals surface area contributed by atoms with E-state index in [-0.39, 0.29) is 12.4 Å². The minimum Gasteiger partial charge on any atom is -0.360 e. The molecular weight excluding hydrogens is 272 g/mol. The SMILES string of the molecule is CCN(C)c1ccc(CN2CCCCC2CN)cn1.Cl. The molecule has 114 valence electrons. The Bertz CT molecular complexity index is 382. The number of pyridine rings is 1. The Labute approximate surface area is 128 Å². The van der Waals surface area contributed by atoms with Crippen molar-refractivity contribution in [2.75, 3.05) is 31.6 Å². The van der Waals surface area contributed by atoms with Gasteiger partial charge in [-0.15, -0.1) is 12.4 Å². The molecule has 0 amide bonds. The second kappa shape index (κ2) is 8.45. The van der Waals surface area contributed by atoms with E-state index in [4.69, 9.17) is 5.73 Å². The minimum atomic E-state index is 0. The van der Waals surface area contributed by atoms with E-state index >= 15 is 0 Å². The number of rotatable bonds is 5. The number of aromatic nitrogens is 1. The molecule has 1 aliphatic rings. The Balaban J connectivity index is 0.00000200. The Morgan fingerprint density at radius 1 is 1.40 bits per heavy atom. The van der Waals surface area contributed by atoms with Crippen molar-refractivity contribution in [3.05, 3.63) is 23.9 Å². The first-order chi connectivity index (χ1) is 9.24. The van der Waals surface area contributed by atoms with Crippen LogP contribution in [0.4, 0.5) is 5.82 Å². The Hall–Kier alpha value is -0.840. The standard InChI is InChI=1S/C15H26N4.ClH/c1-3-18(2)15-8-7-13(11-17-15)12-19-9-5-4-6-14(19)10-16;/h7-8,11,14H,3-6,9-10,12,16H2,1-2H3;1H. The maximum Gasteiger partial charge on any atom is 0.128 e. The van der Waals surface area contributed by atoms with Crippen LogP contribution in [0.15, 0.2) is 18.3 Å². The number of halogens is 1. The van der Waals surface area contributed by atoms with Crippen LogP contribution in [0, 0.1) is 0 Å². The van der Waals surface area contributed by atoms with Crippen molar-refractivity contribution in [2.45, 2.75) is 38.8 Å². The van der Waals surface area contributed by atoms with Gasteiger partial charge in [-0.2, -0.15) is 0 Å². The van der Waals surface area contributed by atoms with Crippen molar-refractivity contribution in [2.24, 2.45) is 5.73 Å². The van der Waals surface area contributed by atoms with Gasteiger partial charge in [-0.1, -0.05) is 12.5 Å². The maximum absolute atomic E-state index is 5.87. The number of hydrogen-bond donors (Lipinski definition) is 1. The van der Waals surface area contributed by atoms with Crippen molar-refractivity contribution in [3.63, 3.8) is 0 Å². The highest BCUT2D eigenvalue weighted by Gasteiger charge is 2.20. The fourth-order valence-corrected chi connectivity index (χ4v) is 2.67. The number of anilines is 1. The van der Waals surface area contributed by atoms with E-state index in [2.05, 4.69) is 40.9 Å². The van der Waals surface area contributed by atoms with Gasteiger partial charge in [0.2, 0.25) is 0 Å². The lowest BCUT2D eigenvalue weighted by atomic mass is 10.0. The van der Waals surface area contributed by atoms with Gasteiger partial charge in [0.1, 0.15) is 5.82 Å². The van der Waals surface area contributed by atoms with E-state index in [0.29, 0.717) is 6.04 Å². The fraction of sp³-hybridized carbons (Fsp3) is 0.667. The highest BCUT2D eigenvalue weighted by molar-refractivity contribution is 5.85. The van der Waals surface area contributed by atoms with E-state index in [1.807, 2.05) is 6.20 Å². The topological polar surface area (TPSA) is 45.4 Å². The average Bonchev–Trinajstić information content (AvgIpc) is 2.48. The summed E-state index contributed by atoms with van der Waals surface area (Å²) in [5.74, 6) is 1.04. The van der Waals surface area contributed by atoms with Gasteiger partial charge in [0.15, 0.2) is 0 Å². The molecular formula is C15H27ClN4. The monoisotopic (exact) mass is 298 g/mol. The average molecular weight is 299 g/mol. The van der Waals surface area contributed by atoms with Crippen molar-refractivity contribution >= 4 is 18.2 Å². The molecule has 1 aromatic heterocycles. The molecule has 0 aliphatic carbocycles. The number of piperidine rings is 1. The summed E-state index contributed by atoms with van der Waals surface area (Å²) in [4.78, 5) is 9.18. The second-order valence-electron chi connectivity index (χ2n) is 5.39. The van der Waals surface area contributed by atoms with E-state index in [9.17, 15) is 0 Å². The molecule has 0 aromatic carbocycles. The lowest BCUT2D eigenvalue weighted by Crippen LogP contribution is -2.43. The minimum absolute atomic E-state index is 0. The highest BCUT2D eigenvalue weighted by atomic mass is 35.5. The number of nitrogens with zero attached hydrogens (tertiary/aromatic N) is 3. The van der Waals surface area contributed by atoms with E-state index in [0.717, 1.165) is 25.5 Å². The Kier molecular flexibility index (Phi) is 7.27. The zero-order chi connectivity index (χ0) is 13.7. The molecule has 1 aromatic rings. The molecule has 5 heteroatoms. The second-order valence-corrected chi connectivity index (χ2v) is 5.39. The van der Waals surface area contributed by atoms with E-state index in [1.54, 1.807) is 0 Å². The lowest BCUT2D eigenvalue weighted by molar-refractivity contribution is 0.145. The summed E-state index contributed by atoms with van der Waals surface area (Å²) in [6.07, 6.45) is 5.85. The third kappa shape index (κ3) is 4.33. The van der Waals surface area contributed by atoms with Gasteiger partial charge in [-0.3, -0.25) is 4.90 Å². The summed E-state index contributed by atoms with van der Waals surface area (Å²) in [5.41, 5.74) is 7.15. The van der Waals surface area contributed by atoms with E-state index < -0.39 is 0 Å². The van der Waals surface area contributed by atoms with Gasteiger partial charge in [0.25, 0.3) is 0 Å². The van der Waals surface area contributed by atoms with Crippen molar-refractivity contribution in [1.82, 2.24) is 9.88 Å². The van der Waals surface area contributed by atoms with Crippen LogP contribution in [0.3, 0.4) is 0 Å². The first kappa shape index (κ1) is 17.2. The van der Waals surface area contributed by atoms with Crippen molar-refractivity contribution in [1.29, 1.82) is 0 Å². The molecule has 1 atom stereocenters. The molecule has 2 N–H and O–H groups in total. The first-order valence-electron chi connectivity index (χ1n) is 7.34. The Morgan fingerprint density at radius 3 is 2.80 bits per heavy atom. The molecule has 0 radical (unpaired) electrons. The summed E-state index contributed by atoms with van der Waals surface area (Å²) < 4.78 is 0. The van der Waals surface area contributed by atoms with Gasteiger partial charge in [0.05, 0.1) is 0 Å². The predicted molar refractivity (Wildman–Crippen MR) is 87.5 cm³/mol. The van der Waals surface area contributed by atoms with Gasteiger partial charge in [-0.05, 0) is 37.9 Å². The molecule has 2 rings (SSSR count). The van der Waals surface area contributed by atoms with Gasteiger partial charge in [0, 0.05) is 38.9 Å². The predicted octanol–water partition coefficient (Wildman–Crippen LogP) is 2.27. The van der Waals surface area contributed by atoms with Crippen LogP contribution >= 0.6 is 12.4 Å². The normalized spacial score (nSPS) is 19.4. The highest BCUT2D eigenvalue weighted by Crippen LogP contribution is 2.19. The third-order valence-electron chi connectivity index (χ3n) is 4.08. The zero-order valence-corrected chi connectivity index (χ0v) is 13.4. The van der Waals surface area contributed by atoms with Crippen LogP contribution < -0.4 is 10.6 Å². The summed E-state index contributed by atoms with van der Waals surface area (Å²) in [6, 6.07) is 4.85. The summed E-state index contributed by atoms with van der Waals surface area (Å²) in [6.45, 7) is 6.02. The smallest absolute Gasteiger partial charge is 0.128 e. The molecule has 1 unspecified atom stereocenters. The quantitative estimate of drug-likeness (QED) is 0.906. The molecule has 0 bridgehead atoms. The summed E-state index contributed by atoms with van der Waals surface area (Å²) >= 11 is 0. The first-order valence-corrected chi connectivity index (χ1v) is 7.34. The van der Waals surface area contributed by atoms with Crippen molar-refractivity contribution < 1.29 is 0 Å². The summed E-state index contributed by atoms with van der Waals surface area (Å²) in [7, 11) is 2.07. The van der Waals surface area contributed by atoms with Crippen LogP contribution in [0.2, 0.25) is 0 Å². The van der Waals surface area contributed by atoms with Crippen LogP contribution in [-0.2, 0) is 6.54 Å². The molecule has 0 saturated carbocycles.